The Morgan fingerprint density at radius 2 is 1.96 bits per heavy atom. The van der Waals surface area contributed by atoms with Crippen LogP contribution in [0.4, 0.5) is 4.39 Å². The first-order chi connectivity index (χ1) is 10.9. The summed E-state index contributed by atoms with van der Waals surface area (Å²) < 4.78 is 18.2. The SMILES string of the molecule is CC(C)(C(=O)NCC(O)COc1ccc(F)cc1)C1CCCC1. The van der Waals surface area contributed by atoms with Crippen LogP contribution >= 0.6 is 0 Å². The Hall–Kier alpha value is -1.62. The van der Waals surface area contributed by atoms with Gasteiger partial charge in [0.2, 0.25) is 5.91 Å². The number of nitrogens with one attached hydrogen (secondary N) is 1. The normalized spacial score (nSPS) is 17.0. The van der Waals surface area contributed by atoms with Gasteiger partial charge in [-0.3, -0.25) is 4.79 Å². The molecule has 5 heteroatoms. The van der Waals surface area contributed by atoms with Gasteiger partial charge in [-0.15, -0.1) is 0 Å². The van der Waals surface area contributed by atoms with E-state index in [2.05, 4.69) is 5.32 Å². The molecule has 1 amide bonds. The van der Waals surface area contributed by atoms with Crippen LogP contribution in [-0.2, 0) is 4.79 Å². The molecular formula is C18H26FNO3. The van der Waals surface area contributed by atoms with E-state index in [0.717, 1.165) is 12.8 Å². The van der Waals surface area contributed by atoms with Gasteiger partial charge in [0.1, 0.15) is 24.3 Å². The van der Waals surface area contributed by atoms with E-state index in [0.29, 0.717) is 11.7 Å². The van der Waals surface area contributed by atoms with Crippen molar-refractivity contribution in [2.75, 3.05) is 13.2 Å². The molecule has 1 aromatic rings. The van der Waals surface area contributed by atoms with Crippen molar-refractivity contribution in [3.63, 3.8) is 0 Å². The summed E-state index contributed by atoms with van der Waals surface area (Å²) in [5.41, 5.74) is -0.409. The van der Waals surface area contributed by atoms with Crippen LogP contribution in [0.15, 0.2) is 24.3 Å². The third kappa shape index (κ3) is 4.93. The second-order valence-corrected chi connectivity index (χ2v) is 6.83. The van der Waals surface area contributed by atoms with E-state index in [1.54, 1.807) is 0 Å². The maximum absolute atomic E-state index is 12.8. The topological polar surface area (TPSA) is 58.6 Å². The Morgan fingerprint density at radius 3 is 2.57 bits per heavy atom. The van der Waals surface area contributed by atoms with Gasteiger partial charge in [-0.05, 0) is 43.0 Å². The van der Waals surface area contributed by atoms with Crippen LogP contribution in [0.5, 0.6) is 5.75 Å². The molecule has 2 rings (SSSR count). The summed E-state index contributed by atoms with van der Waals surface area (Å²) in [7, 11) is 0. The fraction of sp³-hybridized carbons (Fsp3) is 0.611. The first-order valence-electron chi connectivity index (χ1n) is 8.24. The highest BCUT2D eigenvalue weighted by Gasteiger charge is 2.38. The molecule has 1 aliphatic rings. The predicted molar refractivity (Wildman–Crippen MR) is 86.7 cm³/mol. The zero-order chi connectivity index (χ0) is 16.9. The van der Waals surface area contributed by atoms with Crippen molar-refractivity contribution in [2.45, 2.75) is 45.6 Å². The van der Waals surface area contributed by atoms with Gasteiger partial charge >= 0.3 is 0 Å². The van der Waals surface area contributed by atoms with Gasteiger partial charge in [0.25, 0.3) is 0 Å². The number of halogens is 1. The molecule has 128 valence electrons. The maximum Gasteiger partial charge on any atom is 0.226 e. The van der Waals surface area contributed by atoms with Crippen molar-refractivity contribution in [2.24, 2.45) is 11.3 Å². The molecule has 0 radical (unpaired) electrons. The maximum atomic E-state index is 12.8. The highest BCUT2D eigenvalue weighted by Crippen LogP contribution is 2.39. The minimum Gasteiger partial charge on any atom is -0.491 e. The van der Waals surface area contributed by atoms with Gasteiger partial charge in [0.15, 0.2) is 0 Å². The van der Waals surface area contributed by atoms with Crippen LogP contribution in [0, 0.1) is 17.2 Å². The molecule has 1 atom stereocenters. The minimum atomic E-state index is -0.802. The van der Waals surface area contributed by atoms with E-state index in [1.807, 2.05) is 13.8 Å². The molecule has 1 aromatic carbocycles. The van der Waals surface area contributed by atoms with Crippen molar-refractivity contribution in [1.29, 1.82) is 0 Å². The zero-order valence-electron chi connectivity index (χ0n) is 13.8. The molecule has 0 heterocycles. The molecular weight excluding hydrogens is 297 g/mol. The Morgan fingerprint density at radius 1 is 1.35 bits per heavy atom. The second-order valence-electron chi connectivity index (χ2n) is 6.83. The number of benzene rings is 1. The molecule has 2 N–H and O–H groups in total. The monoisotopic (exact) mass is 323 g/mol. The number of rotatable bonds is 7. The van der Waals surface area contributed by atoms with E-state index < -0.39 is 11.5 Å². The minimum absolute atomic E-state index is 0.0229. The average molecular weight is 323 g/mol. The van der Waals surface area contributed by atoms with Gasteiger partial charge in [-0.25, -0.2) is 4.39 Å². The van der Waals surface area contributed by atoms with Crippen molar-refractivity contribution >= 4 is 5.91 Å². The van der Waals surface area contributed by atoms with E-state index in [-0.39, 0.29) is 24.9 Å². The molecule has 1 fully saturated rings. The zero-order valence-corrected chi connectivity index (χ0v) is 13.8. The summed E-state index contributed by atoms with van der Waals surface area (Å²) in [6.07, 6.45) is 3.77. The number of hydrogen-bond donors (Lipinski definition) is 2. The highest BCUT2D eigenvalue weighted by atomic mass is 19.1. The molecule has 1 aliphatic carbocycles. The van der Waals surface area contributed by atoms with Crippen molar-refractivity contribution < 1.29 is 19.0 Å². The smallest absolute Gasteiger partial charge is 0.226 e. The molecule has 4 nitrogen and oxygen atoms in total. The fourth-order valence-electron chi connectivity index (χ4n) is 3.05. The van der Waals surface area contributed by atoms with Crippen LogP contribution in [0.25, 0.3) is 0 Å². The fourth-order valence-corrected chi connectivity index (χ4v) is 3.05. The second kappa shape index (κ2) is 7.77. The summed E-state index contributed by atoms with van der Waals surface area (Å²) in [6.45, 7) is 4.14. The van der Waals surface area contributed by atoms with Crippen LogP contribution < -0.4 is 10.1 Å². The van der Waals surface area contributed by atoms with Crippen LogP contribution in [0.2, 0.25) is 0 Å². The van der Waals surface area contributed by atoms with E-state index in [1.165, 1.54) is 37.1 Å². The van der Waals surface area contributed by atoms with Gasteiger partial charge in [0, 0.05) is 12.0 Å². The molecule has 0 saturated heterocycles. The van der Waals surface area contributed by atoms with Crippen LogP contribution in [0.3, 0.4) is 0 Å². The number of amides is 1. The lowest BCUT2D eigenvalue weighted by Crippen LogP contribution is -2.44. The van der Waals surface area contributed by atoms with Crippen LogP contribution in [0.1, 0.15) is 39.5 Å². The van der Waals surface area contributed by atoms with Crippen molar-refractivity contribution in [3.05, 3.63) is 30.1 Å². The lowest BCUT2D eigenvalue weighted by Gasteiger charge is -2.30. The summed E-state index contributed by atoms with van der Waals surface area (Å²) in [4.78, 5) is 12.4. The lowest BCUT2D eigenvalue weighted by molar-refractivity contribution is -0.132. The molecule has 1 saturated carbocycles. The molecule has 0 aliphatic heterocycles. The van der Waals surface area contributed by atoms with Gasteiger partial charge in [0.05, 0.1) is 0 Å². The Bertz CT molecular complexity index is 510. The Balaban J connectivity index is 1.73. The Kier molecular flexibility index (Phi) is 5.99. The number of aliphatic hydroxyl groups is 1. The molecule has 0 spiro atoms. The highest BCUT2D eigenvalue weighted by molar-refractivity contribution is 5.82. The number of carbonyl (C=O) groups is 1. The van der Waals surface area contributed by atoms with Crippen molar-refractivity contribution in [3.8, 4) is 5.75 Å². The third-order valence-corrected chi connectivity index (χ3v) is 4.72. The number of aliphatic hydroxyl groups excluding tert-OH is 1. The van der Waals surface area contributed by atoms with Gasteiger partial charge < -0.3 is 15.2 Å². The molecule has 1 unspecified atom stereocenters. The van der Waals surface area contributed by atoms with E-state index in [9.17, 15) is 14.3 Å². The average Bonchev–Trinajstić information content (AvgIpc) is 3.07. The quantitative estimate of drug-likeness (QED) is 0.811. The number of hydrogen-bond acceptors (Lipinski definition) is 3. The van der Waals surface area contributed by atoms with Crippen molar-refractivity contribution in [1.82, 2.24) is 5.32 Å². The number of ether oxygens (including phenoxy) is 1. The summed E-state index contributed by atoms with van der Waals surface area (Å²) >= 11 is 0. The molecule has 0 aromatic heterocycles. The van der Waals surface area contributed by atoms with Gasteiger partial charge in [-0.2, -0.15) is 0 Å². The largest absolute Gasteiger partial charge is 0.491 e. The lowest BCUT2D eigenvalue weighted by atomic mass is 9.77. The summed E-state index contributed by atoms with van der Waals surface area (Å²) in [6, 6.07) is 5.61. The van der Waals surface area contributed by atoms with Crippen LogP contribution in [-0.4, -0.2) is 30.3 Å². The Labute approximate surface area is 137 Å². The first-order valence-corrected chi connectivity index (χ1v) is 8.24. The third-order valence-electron chi connectivity index (χ3n) is 4.72. The van der Waals surface area contributed by atoms with E-state index in [4.69, 9.17) is 4.74 Å². The first kappa shape index (κ1) is 17.7. The standard InChI is InChI=1S/C18H26FNO3/c1-18(2,13-5-3-4-6-13)17(22)20-11-15(21)12-23-16-9-7-14(19)8-10-16/h7-10,13,15,21H,3-6,11-12H2,1-2H3,(H,20,22). The molecule has 0 bridgehead atoms. The molecule has 23 heavy (non-hydrogen) atoms. The van der Waals surface area contributed by atoms with E-state index >= 15 is 0 Å². The summed E-state index contributed by atoms with van der Waals surface area (Å²) in [5.74, 6) is 0.544. The number of carbonyl (C=O) groups excluding carboxylic acids is 1. The summed E-state index contributed by atoms with van der Waals surface area (Å²) in [5, 5.41) is 12.7. The van der Waals surface area contributed by atoms with Gasteiger partial charge in [-0.1, -0.05) is 26.7 Å². The predicted octanol–water partition coefficient (Wildman–Crippen LogP) is 2.90.